The van der Waals surface area contributed by atoms with E-state index in [1.54, 1.807) is 13.8 Å². The molecule has 1 N–H and O–H groups in total. The van der Waals surface area contributed by atoms with Gasteiger partial charge in [0, 0.05) is 11.7 Å². The highest BCUT2D eigenvalue weighted by atomic mass is 19.1. The van der Waals surface area contributed by atoms with Crippen LogP contribution in [0.25, 0.3) is 0 Å². The summed E-state index contributed by atoms with van der Waals surface area (Å²) < 4.78 is 25.8. The molecule has 0 spiro atoms. The lowest BCUT2D eigenvalue weighted by Gasteiger charge is -2.32. The van der Waals surface area contributed by atoms with Crippen LogP contribution in [-0.4, -0.2) is 28.4 Å². The number of aliphatic hydroxyl groups is 1. The van der Waals surface area contributed by atoms with Gasteiger partial charge in [-0.3, -0.25) is 4.98 Å². The molecule has 0 unspecified atom stereocenters. The van der Waals surface area contributed by atoms with E-state index in [0.29, 0.717) is 0 Å². The Bertz CT molecular complexity index is 510. The van der Waals surface area contributed by atoms with Crippen molar-refractivity contribution in [3.05, 3.63) is 23.8 Å². The summed E-state index contributed by atoms with van der Waals surface area (Å²) in [5, 5.41) is 9.84. The number of nitrogens with zero attached hydrogens (tertiary/aromatic N) is 1. The van der Waals surface area contributed by atoms with Crippen LogP contribution in [0.3, 0.4) is 0 Å². The first-order chi connectivity index (χ1) is 8.94. The zero-order valence-electron chi connectivity index (χ0n) is 12.8. The van der Waals surface area contributed by atoms with Gasteiger partial charge < -0.3 is 14.4 Å². The molecule has 2 rings (SSSR count). The van der Waals surface area contributed by atoms with Gasteiger partial charge in [0.1, 0.15) is 11.4 Å². The number of rotatable bonds is 2. The van der Waals surface area contributed by atoms with Gasteiger partial charge in [-0.15, -0.1) is 0 Å². The molecule has 0 atom stereocenters. The fourth-order valence-electron chi connectivity index (χ4n) is 1.92. The summed E-state index contributed by atoms with van der Waals surface area (Å²) in [7, 11) is -0.789. The summed E-state index contributed by atoms with van der Waals surface area (Å²) in [6.07, 6.45) is 1.37. The van der Waals surface area contributed by atoms with Gasteiger partial charge in [0.25, 0.3) is 0 Å². The summed E-state index contributed by atoms with van der Waals surface area (Å²) in [5.41, 5.74) is -1.72. The second-order valence-electron chi connectivity index (χ2n) is 6.74. The van der Waals surface area contributed by atoms with Crippen LogP contribution in [0.5, 0.6) is 0 Å². The van der Waals surface area contributed by atoms with Crippen molar-refractivity contribution in [2.45, 2.75) is 58.3 Å². The first-order valence-corrected chi connectivity index (χ1v) is 6.68. The topological polar surface area (TPSA) is 51.6 Å². The standard InChI is InChI=1S/C14H21BFNO3/c1-12(2,18)11-7-10(16)9(8-17-11)15-19-13(3,4)14(5,6)20-15/h7-8,18H,1-6H3. The largest absolute Gasteiger partial charge is 0.499 e. The molecule has 6 heteroatoms. The maximum atomic E-state index is 14.2. The lowest BCUT2D eigenvalue weighted by Crippen LogP contribution is -2.41. The highest BCUT2D eigenvalue weighted by Crippen LogP contribution is 2.36. The first kappa shape index (κ1) is 15.4. The Balaban J connectivity index is 2.33. The molecule has 0 saturated carbocycles. The third-order valence-corrected chi connectivity index (χ3v) is 4.02. The summed E-state index contributed by atoms with van der Waals surface area (Å²) in [6, 6.07) is 1.22. The van der Waals surface area contributed by atoms with Gasteiger partial charge >= 0.3 is 7.12 Å². The Morgan fingerprint density at radius 1 is 1.20 bits per heavy atom. The SMILES string of the molecule is CC(C)(O)c1cc(F)c(B2OC(C)(C)C(C)(C)O2)cn1. The van der Waals surface area contributed by atoms with Crippen LogP contribution in [-0.2, 0) is 14.9 Å². The molecule has 1 aliphatic heterocycles. The monoisotopic (exact) mass is 281 g/mol. The molecule has 110 valence electrons. The van der Waals surface area contributed by atoms with E-state index in [1.165, 1.54) is 12.3 Å². The first-order valence-electron chi connectivity index (χ1n) is 6.68. The van der Waals surface area contributed by atoms with E-state index in [9.17, 15) is 9.50 Å². The predicted octanol–water partition coefficient (Wildman–Crippen LogP) is 1.75. The van der Waals surface area contributed by atoms with Gasteiger partial charge in [-0.25, -0.2) is 4.39 Å². The fraction of sp³-hybridized carbons (Fsp3) is 0.643. The van der Waals surface area contributed by atoms with E-state index in [0.717, 1.165) is 0 Å². The second kappa shape index (κ2) is 4.51. The highest BCUT2D eigenvalue weighted by Gasteiger charge is 2.52. The van der Waals surface area contributed by atoms with E-state index >= 15 is 0 Å². The van der Waals surface area contributed by atoms with Crippen molar-refractivity contribution in [1.29, 1.82) is 0 Å². The van der Waals surface area contributed by atoms with E-state index < -0.39 is 29.7 Å². The predicted molar refractivity (Wildman–Crippen MR) is 75.2 cm³/mol. The summed E-state index contributed by atoms with van der Waals surface area (Å²) in [6.45, 7) is 10.7. The molecule has 1 fully saturated rings. The molecule has 1 aromatic rings. The van der Waals surface area contributed by atoms with Crippen molar-refractivity contribution in [3.8, 4) is 0 Å². The third kappa shape index (κ3) is 2.60. The van der Waals surface area contributed by atoms with Crippen LogP contribution in [0, 0.1) is 5.82 Å². The maximum absolute atomic E-state index is 14.2. The smallest absolute Gasteiger partial charge is 0.399 e. The van der Waals surface area contributed by atoms with Crippen molar-refractivity contribution in [3.63, 3.8) is 0 Å². The highest BCUT2D eigenvalue weighted by molar-refractivity contribution is 6.62. The van der Waals surface area contributed by atoms with Gasteiger partial charge in [-0.1, -0.05) is 0 Å². The molecule has 0 aliphatic carbocycles. The third-order valence-electron chi connectivity index (χ3n) is 4.02. The quantitative estimate of drug-likeness (QED) is 0.839. The summed E-state index contributed by atoms with van der Waals surface area (Å²) >= 11 is 0. The minimum atomic E-state index is -1.19. The average Bonchev–Trinajstić information content (AvgIpc) is 2.46. The molecule has 1 aromatic heterocycles. The van der Waals surface area contributed by atoms with E-state index in [-0.39, 0.29) is 11.2 Å². The van der Waals surface area contributed by atoms with Crippen LogP contribution >= 0.6 is 0 Å². The van der Waals surface area contributed by atoms with Crippen molar-refractivity contribution in [1.82, 2.24) is 4.98 Å². The molecule has 2 heterocycles. The van der Waals surface area contributed by atoms with Gasteiger partial charge in [-0.05, 0) is 47.6 Å². The van der Waals surface area contributed by atoms with E-state index in [4.69, 9.17) is 9.31 Å². The average molecular weight is 281 g/mol. The van der Waals surface area contributed by atoms with Crippen LogP contribution in [0.15, 0.2) is 12.3 Å². The molecule has 0 amide bonds. The Labute approximate surface area is 119 Å². The van der Waals surface area contributed by atoms with Crippen molar-refractivity contribution < 1.29 is 18.8 Å². The van der Waals surface area contributed by atoms with Gasteiger partial charge in [0.15, 0.2) is 0 Å². The lowest BCUT2D eigenvalue weighted by atomic mass is 9.79. The lowest BCUT2D eigenvalue weighted by molar-refractivity contribution is 0.00578. The Morgan fingerprint density at radius 2 is 1.70 bits per heavy atom. The molecular weight excluding hydrogens is 260 g/mol. The number of aromatic nitrogens is 1. The molecule has 1 saturated heterocycles. The molecule has 4 nitrogen and oxygen atoms in total. The summed E-state index contributed by atoms with van der Waals surface area (Å²) in [5.74, 6) is -0.490. The molecular formula is C14H21BFNO3. The van der Waals surface area contributed by atoms with Gasteiger partial charge in [-0.2, -0.15) is 0 Å². The van der Waals surface area contributed by atoms with Gasteiger partial charge in [0.05, 0.1) is 16.9 Å². The van der Waals surface area contributed by atoms with Crippen LogP contribution in [0.2, 0.25) is 0 Å². The van der Waals surface area contributed by atoms with Gasteiger partial charge in [0.2, 0.25) is 0 Å². The fourth-order valence-corrected chi connectivity index (χ4v) is 1.92. The second-order valence-corrected chi connectivity index (χ2v) is 6.74. The minimum Gasteiger partial charge on any atom is -0.399 e. The Morgan fingerprint density at radius 3 is 2.10 bits per heavy atom. The number of halogens is 1. The zero-order chi connectivity index (χ0) is 15.3. The van der Waals surface area contributed by atoms with Crippen molar-refractivity contribution in [2.75, 3.05) is 0 Å². The van der Waals surface area contributed by atoms with Crippen LogP contribution in [0.4, 0.5) is 4.39 Å². The van der Waals surface area contributed by atoms with Crippen LogP contribution < -0.4 is 5.46 Å². The zero-order valence-corrected chi connectivity index (χ0v) is 12.8. The number of hydrogen-bond donors (Lipinski definition) is 1. The van der Waals surface area contributed by atoms with Crippen molar-refractivity contribution in [2.24, 2.45) is 0 Å². The van der Waals surface area contributed by atoms with Crippen molar-refractivity contribution >= 4 is 12.6 Å². The Kier molecular flexibility index (Phi) is 3.48. The Hall–Kier alpha value is -0.975. The maximum Gasteiger partial charge on any atom is 0.499 e. The normalized spacial score (nSPS) is 21.3. The van der Waals surface area contributed by atoms with E-state index in [2.05, 4.69) is 4.98 Å². The summed E-state index contributed by atoms with van der Waals surface area (Å²) in [4.78, 5) is 4.10. The minimum absolute atomic E-state index is 0.247. The molecule has 0 aromatic carbocycles. The molecule has 20 heavy (non-hydrogen) atoms. The van der Waals surface area contributed by atoms with E-state index in [1.807, 2.05) is 27.7 Å². The number of hydrogen-bond acceptors (Lipinski definition) is 4. The molecule has 0 radical (unpaired) electrons. The molecule has 1 aliphatic rings. The molecule has 0 bridgehead atoms. The van der Waals surface area contributed by atoms with Crippen LogP contribution in [0.1, 0.15) is 47.2 Å². The number of pyridine rings is 1.